The van der Waals surface area contributed by atoms with Crippen LogP contribution in [-0.2, 0) is 11.3 Å². The second kappa shape index (κ2) is 8.65. The first-order chi connectivity index (χ1) is 16.3. The molecule has 3 heterocycles. The Labute approximate surface area is 198 Å². The van der Waals surface area contributed by atoms with Crippen molar-refractivity contribution in [3.63, 3.8) is 0 Å². The molecule has 5 rings (SSSR count). The van der Waals surface area contributed by atoms with Crippen LogP contribution in [0.3, 0.4) is 0 Å². The SMILES string of the molecule is CC(C)(C)OC(=O)N1CCN(Cc2cccc3c2O/C(=C\c2c[nH]c4ccccc24)C3=O)CC1. The summed E-state index contributed by atoms with van der Waals surface area (Å²) in [6.45, 7) is 8.95. The van der Waals surface area contributed by atoms with Crippen molar-refractivity contribution in [2.45, 2.75) is 32.9 Å². The average Bonchev–Trinajstić information content (AvgIpc) is 3.35. The lowest BCUT2D eigenvalue weighted by atomic mass is 10.0. The lowest BCUT2D eigenvalue weighted by molar-refractivity contribution is 0.0138. The highest BCUT2D eigenvalue weighted by molar-refractivity contribution is 6.15. The maximum Gasteiger partial charge on any atom is 0.410 e. The van der Waals surface area contributed by atoms with Crippen LogP contribution in [-0.4, -0.2) is 58.4 Å². The van der Waals surface area contributed by atoms with Crippen molar-refractivity contribution in [2.24, 2.45) is 0 Å². The molecule has 7 nitrogen and oxygen atoms in total. The zero-order chi connectivity index (χ0) is 23.9. The molecule has 0 bridgehead atoms. The predicted molar refractivity (Wildman–Crippen MR) is 131 cm³/mol. The van der Waals surface area contributed by atoms with E-state index in [1.165, 1.54) is 0 Å². The molecule has 1 N–H and O–H groups in total. The monoisotopic (exact) mass is 459 g/mol. The summed E-state index contributed by atoms with van der Waals surface area (Å²) in [5.41, 5.74) is 3.01. The van der Waals surface area contributed by atoms with E-state index in [9.17, 15) is 9.59 Å². The lowest BCUT2D eigenvalue weighted by Gasteiger charge is -2.35. The van der Waals surface area contributed by atoms with Gasteiger partial charge < -0.3 is 19.4 Å². The number of hydrogen-bond donors (Lipinski definition) is 1. The summed E-state index contributed by atoms with van der Waals surface area (Å²) < 4.78 is 11.6. The largest absolute Gasteiger partial charge is 0.452 e. The molecule has 176 valence electrons. The van der Waals surface area contributed by atoms with Crippen molar-refractivity contribution in [1.29, 1.82) is 0 Å². The van der Waals surface area contributed by atoms with Gasteiger partial charge in [0, 0.05) is 61.0 Å². The minimum absolute atomic E-state index is 0.100. The molecule has 0 unspecified atom stereocenters. The zero-order valence-electron chi connectivity index (χ0n) is 19.8. The molecule has 0 aliphatic carbocycles. The van der Waals surface area contributed by atoms with Crippen LogP contribution in [0, 0.1) is 0 Å². The van der Waals surface area contributed by atoms with Crippen LogP contribution in [0.1, 0.15) is 42.3 Å². The van der Waals surface area contributed by atoms with Crippen molar-refractivity contribution in [3.8, 4) is 5.75 Å². The molecule has 3 aromatic rings. The number of amides is 1. The topological polar surface area (TPSA) is 74.9 Å². The zero-order valence-corrected chi connectivity index (χ0v) is 19.8. The summed E-state index contributed by atoms with van der Waals surface area (Å²) in [5.74, 6) is 0.868. The number of carbonyl (C=O) groups is 2. The molecule has 1 aromatic heterocycles. The highest BCUT2D eigenvalue weighted by Gasteiger charge is 2.31. The third kappa shape index (κ3) is 4.43. The summed E-state index contributed by atoms with van der Waals surface area (Å²) in [5, 5.41) is 1.05. The predicted octanol–water partition coefficient (Wildman–Crippen LogP) is 4.84. The minimum atomic E-state index is -0.499. The number of nitrogens with zero attached hydrogens (tertiary/aromatic N) is 2. The first kappa shape index (κ1) is 22.2. The number of aromatic nitrogens is 1. The Hall–Kier alpha value is -3.58. The van der Waals surface area contributed by atoms with Gasteiger partial charge in [-0.05, 0) is 39.0 Å². The number of nitrogens with one attached hydrogen (secondary N) is 1. The Morgan fingerprint density at radius 3 is 2.62 bits per heavy atom. The van der Waals surface area contributed by atoms with Crippen LogP contribution in [0.15, 0.2) is 54.4 Å². The number of benzene rings is 2. The van der Waals surface area contributed by atoms with Gasteiger partial charge in [-0.2, -0.15) is 0 Å². The van der Waals surface area contributed by atoms with Crippen LogP contribution >= 0.6 is 0 Å². The van der Waals surface area contributed by atoms with Crippen molar-refractivity contribution < 1.29 is 19.1 Å². The summed E-state index contributed by atoms with van der Waals surface area (Å²) in [7, 11) is 0. The van der Waals surface area contributed by atoms with Crippen LogP contribution < -0.4 is 4.74 Å². The second-order valence-electron chi connectivity index (χ2n) is 9.77. The molecule has 34 heavy (non-hydrogen) atoms. The fraction of sp³-hybridized carbons (Fsp3) is 0.333. The Bertz CT molecular complexity index is 1280. The molecule has 1 fully saturated rings. The molecular formula is C27H29N3O4. The van der Waals surface area contributed by atoms with Gasteiger partial charge in [-0.1, -0.05) is 30.3 Å². The number of para-hydroxylation sites is 2. The van der Waals surface area contributed by atoms with Crippen molar-refractivity contribution in [2.75, 3.05) is 26.2 Å². The van der Waals surface area contributed by atoms with E-state index in [0.717, 1.165) is 35.1 Å². The quantitative estimate of drug-likeness (QED) is 0.568. The molecule has 1 saturated heterocycles. The lowest BCUT2D eigenvalue weighted by Crippen LogP contribution is -2.49. The number of ketones is 1. The van der Waals surface area contributed by atoms with Gasteiger partial charge in [-0.15, -0.1) is 0 Å². The summed E-state index contributed by atoms with van der Waals surface area (Å²) in [6.07, 6.45) is 3.43. The third-order valence-electron chi connectivity index (χ3n) is 6.10. The molecule has 2 aliphatic rings. The van der Waals surface area contributed by atoms with Crippen LogP contribution in [0.25, 0.3) is 17.0 Å². The number of carbonyl (C=O) groups excluding carboxylic acids is 2. The molecule has 7 heteroatoms. The van der Waals surface area contributed by atoms with Crippen molar-refractivity contribution >= 4 is 28.9 Å². The Kier molecular flexibility index (Phi) is 5.65. The maximum atomic E-state index is 13.1. The van der Waals surface area contributed by atoms with Crippen LogP contribution in [0.2, 0.25) is 0 Å². The van der Waals surface area contributed by atoms with Gasteiger partial charge in [0.05, 0.1) is 5.56 Å². The standard InChI is InChI=1S/C27H29N3O4/c1-27(2,3)34-26(32)30-13-11-29(12-14-30)17-18-7-6-9-21-24(31)23(33-25(18)21)15-19-16-28-22-10-5-4-8-20(19)22/h4-10,15-16,28H,11-14,17H2,1-3H3/b23-15-. The molecule has 1 amide bonds. The summed E-state index contributed by atoms with van der Waals surface area (Å²) in [6, 6.07) is 13.7. The van der Waals surface area contributed by atoms with Gasteiger partial charge in [0.15, 0.2) is 5.76 Å². The highest BCUT2D eigenvalue weighted by Crippen LogP contribution is 2.36. The maximum absolute atomic E-state index is 13.1. The number of rotatable bonds is 3. The van der Waals surface area contributed by atoms with Crippen molar-refractivity contribution in [3.05, 3.63) is 71.1 Å². The Morgan fingerprint density at radius 1 is 1.09 bits per heavy atom. The summed E-state index contributed by atoms with van der Waals surface area (Å²) in [4.78, 5) is 32.6. The van der Waals surface area contributed by atoms with E-state index in [1.807, 2.05) is 75.5 Å². The average molecular weight is 460 g/mol. The second-order valence-corrected chi connectivity index (χ2v) is 9.77. The first-order valence-electron chi connectivity index (χ1n) is 11.6. The van der Waals surface area contributed by atoms with Gasteiger partial charge in [-0.25, -0.2) is 4.79 Å². The Balaban J connectivity index is 1.29. The van der Waals surface area contributed by atoms with Crippen LogP contribution in [0.4, 0.5) is 4.79 Å². The van der Waals surface area contributed by atoms with Gasteiger partial charge in [0.25, 0.3) is 0 Å². The van der Waals surface area contributed by atoms with E-state index >= 15 is 0 Å². The number of piperazine rings is 1. The molecule has 0 saturated carbocycles. The van der Waals surface area contributed by atoms with Gasteiger partial charge >= 0.3 is 6.09 Å². The molecule has 0 radical (unpaired) electrons. The van der Waals surface area contributed by atoms with E-state index in [-0.39, 0.29) is 11.9 Å². The number of ether oxygens (including phenoxy) is 2. The van der Waals surface area contributed by atoms with Gasteiger partial charge in [0.2, 0.25) is 5.78 Å². The third-order valence-corrected chi connectivity index (χ3v) is 6.10. The fourth-order valence-corrected chi connectivity index (χ4v) is 4.40. The molecule has 0 atom stereocenters. The number of fused-ring (bicyclic) bond motifs is 2. The number of allylic oxidation sites excluding steroid dienone is 1. The van der Waals surface area contributed by atoms with E-state index in [2.05, 4.69) is 9.88 Å². The Morgan fingerprint density at radius 2 is 1.85 bits per heavy atom. The van der Waals surface area contributed by atoms with E-state index < -0.39 is 5.60 Å². The van der Waals surface area contributed by atoms with Crippen molar-refractivity contribution in [1.82, 2.24) is 14.8 Å². The van der Waals surface area contributed by atoms with Gasteiger partial charge in [-0.3, -0.25) is 9.69 Å². The summed E-state index contributed by atoms with van der Waals surface area (Å²) >= 11 is 0. The molecular weight excluding hydrogens is 430 g/mol. The van der Waals surface area contributed by atoms with E-state index in [0.29, 0.717) is 36.7 Å². The fourth-order valence-electron chi connectivity index (χ4n) is 4.40. The molecule has 2 aromatic carbocycles. The molecule has 0 spiro atoms. The number of hydrogen-bond acceptors (Lipinski definition) is 5. The number of Topliss-reactive ketones (excluding diaryl/α,β-unsaturated/α-hetero) is 1. The normalized spacial score (nSPS) is 17.8. The minimum Gasteiger partial charge on any atom is -0.452 e. The van der Waals surface area contributed by atoms with E-state index in [1.54, 1.807) is 4.90 Å². The molecule has 2 aliphatic heterocycles. The number of aromatic amines is 1. The van der Waals surface area contributed by atoms with E-state index in [4.69, 9.17) is 9.47 Å². The smallest absolute Gasteiger partial charge is 0.410 e. The number of H-pyrrole nitrogens is 1. The first-order valence-corrected chi connectivity index (χ1v) is 11.6. The highest BCUT2D eigenvalue weighted by atomic mass is 16.6. The van der Waals surface area contributed by atoms with Gasteiger partial charge in [0.1, 0.15) is 11.4 Å². The van der Waals surface area contributed by atoms with Crippen LogP contribution in [0.5, 0.6) is 5.75 Å².